The molecule has 7 nitrogen and oxygen atoms in total. The molecule has 1 aliphatic rings. The van der Waals surface area contributed by atoms with Gasteiger partial charge >= 0.3 is 0 Å². The van der Waals surface area contributed by atoms with E-state index in [4.69, 9.17) is 16.3 Å². The van der Waals surface area contributed by atoms with Gasteiger partial charge < -0.3 is 4.74 Å². The second-order valence-corrected chi connectivity index (χ2v) is 5.48. The van der Waals surface area contributed by atoms with E-state index in [1.54, 1.807) is 16.7 Å². The van der Waals surface area contributed by atoms with Crippen molar-refractivity contribution < 1.29 is 9.53 Å². The number of anilines is 1. The van der Waals surface area contributed by atoms with Crippen LogP contribution in [-0.2, 0) is 17.8 Å². The summed E-state index contributed by atoms with van der Waals surface area (Å²) in [5.74, 6) is 1.18. The highest BCUT2D eigenvalue weighted by Gasteiger charge is 2.25. The molecule has 22 heavy (non-hydrogen) atoms. The Morgan fingerprint density at radius 2 is 2.27 bits per heavy atom. The number of hydrogen-bond donors (Lipinski definition) is 0. The molecule has 0 saturated carbocycles. The molecule has 2 aromatic rings. The summed E-state index contributed by atoms with van der Waals surface area (Å²) in [6.07, 6.45) is 1.86. The normalized spacial score (nSPS) is 13.8. The Hall–Kier alpha value is -2.15. The van der Waals surface area contributed by atoms with Gasteiger partial charge in [0.25, 0.3) is 5.95 Å². The summed E-state index contributed by atoms with van der Waals surface area (Å²) >= 11 is 6.10. The van der Waals surface area contributed by atoms with Crippen LogP contribution in [0.25, 0.3) is 0 Å². The molecule has 3 rings (SSSR count). The first kappa shape index (κ1) is 14.8. The zero-order valence-corrected chi connectivity index (χ0v) is 13.0. The quantitative estimate of drug-likeness (QED) is 0.857. The molecule has 2 heterocycles. The summed E-state index contributed by atoms with van der Waals surface area (Å²) in [4.78, 5) is 14.0. The van der Waals surface area contributed by atoms with Crippen LogP contribution in [0.2, 0.25) is 5.02 Å². The van der Waals surface area contributed by atoms with Crippen molar-refractivity contribution in [2.24, 2.45) is 0 Å². The van der Waals surface area contributed by atoms with Crippen LogP contribution in [-0.4, -0.2) is 39.8 Å². The molecular formula is C14H16ClN5O2. The van der Waals surface area contributed by atoms with E-state index in [1.165, 1.54) is 0 Å². The van der Waals surface area contributed by atoms with Crippen LogP contribution >= 0.6 is 11.6 Å². The monoisotopic (exact) mass is 321 g/mol. The minimum Gasteiger partial charge on any atom is -0.495 e. The summed E-state index contributed by atoms with van der Waals surface area (Å²) in [6.45, 7) is 1.41. The number of carbonyl (C=O) groups is 1. The molecule has 0 fully saturated rings. The summed E-state index contributed by atoms with van der Waals surface area (Å²) in [5.41, 5.74) is 0.996. The number of benzene rings is 1. The molecular weight excluding hydrogens is 306 g/mol. The Morgan fingerprint density at radius 1 is 1.41 bits per heavy atom. The predicted octanol–water partition coefficient (Wildman–Crippen LogP) is 1.70. The van der Waals surface area contributed by atoms with E-state index in [2.05, 4.69) is 15.5 Å². The predicted molar refractivity (Wildman–Crippen MR) is 81.1 cm³/mol. The van der Waals surface area contributed by atoms with Crippen molar-refractivity contribution in [2.45, 2.75) is 25.8 Å². The van der Waals surface area contributed by atoms with Crippen LogP contribution in [0.3, 0.4) is 0 Å². The lowest BCUT2D eigenvalue weighted by molar-refractivity contribution is -0.118. The zero-order valence-electron chi connectivity index (χ0n) is 12.2. The van der Waals surface area contributed by atoms with Gasteiger partial charge in [0.2, 0.25) is 5.91 Å². The SMILES string of the molecule is COc1ccc(CCC(=O)N2CCCn3nnnc32)cc1Cl. The second-order valence-electron chi connectivity index (χ2n) is 5.07. The summed E-state index contributed by atoms with van der Waals surface area (Å²) in [5, 5.41) is 12.0. The van der Waals surface area contributed by atoms with Crippen LogP contribution in [0.15, 0.2) is 18.2 Å². The number of aromatic nitrogens is 4. The van der Waals surface area contributed by atoms with Gasteiger partial charge in [0.15, 0.2) is 0 Å². The first-order valence-electron chi connectivity index (χ1n) is 7.08. The third-order valence-electron chi connectivity index (χ3n) is 3.65. The van der Waals surface area contributed by atoms with Crippen molar-refractivity contribution in [3.63, 3.8) is 0 Å². The van der Waals surface area contributed by atoms with Gasteiger partial charge in [-0.1, -0.05) is 22.8 Å². The Kier molecular flexibility index (Phi) is 4.24. The van der Waals surface area contributed by atoms with Crippen LogP contribution in [0.5, 0.6) is 5.75 Å². The maximum absolute atomic E-state index is 12.4. The van der Waals surface area contributed by atoms with Gasteiger partial charge in [0.1, 0.15) is 5.75 Å². The Labute approximate surface area is 132 Å². The highest BCUT2D eigenvalue weighted by Crippen LogP contribution is 2.25. The van der Waals surface area contributed by atoms with E-state index < -0.39 is 0 Å². The van der Waals surface area contributed by atoms with Crippen molar-refractivity contribution in [1.82, 2.24) is 20.2 Å². The van der Waals surface area contributed by atoms with E-state index >= 15 is 0 Å². The minimum atomic E-state index is 0.0164. The number of nitrogens with zero attached hydrogens (tertiary/aromatic N) is 5. The number of methoxy groups -OCH3 is 1. The van der Waals surface area contributed by atoms with Crippen molar-refractivity contribution in [2.75, 3.05) is 18.6 Å². The van der Waals surface area contributed by atoms with Crippen LogP contribution in [0.1, 0.15) is 18.4 Å². The first-order chi connectivity index (χ1) is 10.7. The van der Waals surface area contributed by atoms with Crippen molar-refractivity contribution in [1.29, 1.82) is 0 Å². The Bertz CT molecular complexity index is 688. The van der Waals surface area contributed by atoms with E-state index in [-0.39, 0.29) is 5.91 Å². The molecule has 0 radical (unpaired) electrons. The molecule has 1 aliphatic heterocycles. The van der Waals surface area contributed by atoms with E-state index in [1.807, 2.05) is 18.2 Å². The fourth-order valence-corrected chi connectivity index (χ4v) is 2.78. The number of ether oxygens (including phenoxy) is 1. The third-order valence-corrected chi connectivity index (χ3v) is 3.95. The fraction of sp³-hybridized carbons (Fsp3) is 0.429. The minimum absolute atomic E-state index is 0.0164. The van der Waals surface area contributed by atoms with Crippen molar-refractivity contribution >= 4 is 23.5 Å². The van der Waals surface area contributed by atoms with Gasteiger partial charge in [-0.15, -0.1) is 0 Å². The lowest BCUT2D eigenvalue weighted by Gasteiger charge is -2.25. The molecule has 0 saturated heterocycles. The summed E-state index contributed by atoms with van der Waals surface area (Å²) < 4.78 is 6.78. The van der Waals surface area contributed by atoms with Gasteiger partial charge in [-0.2, -0.15) is 0 Å². The zero-order chi connectivity index (χ0) is 15.5. The molecule has 1 amide bonds. The molecule has 116 valence electrons. The first-order valence-corrected chi connectivity index (χ1v) is 7.46. The number of aryl methyl sites for hydroxylation is 2. The number of hydrogen-bond acceptors (Lipinski definition) is 5. The maximum atomic E-state index is 12.4. The van der Waals surface area contributed by atoms with Crippen LogP contribution in [0.4, 0.5) is 5.95 Å². The highest BCUT2D eigenvalue weighted by molar-refractivity contribution is 6.32. The molecule has 0 aliphatic carbocycles. The van der Waals surface area contributed by atoms with Crippen LogP contribution < -0.4 is 9.64 Å². The second kappa shape index (κ2) is 6.31. The number of tetrazole rings is 1. The highest BCUT2D eigenvalue weighted by atomic mass is 35.5. The van der Waals surface area contributed by atoms with Gasteiger partial charge in [0, 0.05) is 19.5 Å². The van der Waals surface area contributed by atoms with Crippen LogP contribution in [0, 0.1) is 0 Å². The van der Waals surface area contributed by atoms with Gasteiger partial charge in [-0.05, 0) is 41.0 Å². The topological polar surface area (TPSA) is 73.1 Å². The summed E-state index contributed by atoms with van der Waals surface area (Å²) in [7, 11) is 1.57. The number of halogens is 1. The van der Waals surface area contributed by atoms with Gasteiger partial charge in [-0.3, -0.25) is 9.69 Å². The van der Waals surface area contributed by atoms with Crippen molar-refractivity contribution in [3.05, 3.63) is 28.8 Å². The molecule has 1 aromatic heterocycles. The van der Waals surface area contributed by atoms with E-state index in [9.17, 15) is 4.79 Å². The maximum Gasteiger partial charge on any atom is 0.252 e. The molecule has 0 unspecified atom stereocenters. The molecule has 1 aromatic carbocycles. The summed E-state index contributed by atoms with van der Waals surface area (Å²) in [6, 6.07) is 5.55. The molecule has 0 atom stereocenters. The number of rotatable bonds is 4. The largest absolute Gasteiger partial charge is 0.495 e. The third kappa shape index (κ3) is 2.89. The van der Waals surface area contributed by atoms with E-state index in [0.717, 1.165) is 18.5 Å². The van der Waals surface area contributed by atoms with Crippen molar-refractivity contribution in [3.8, 4) is 5.75 Å². The average molecular weight is 322 g/mol. The fourth-order valence-electron chi connectivity index (χ4n) is 2.50. The molecule has 0 spiro atoms. The Morgan fingerprint density at radius 3 is 3.05 bits per heavy atom. The average Bonchev–Trinajstić information content (AvgIpc) is 3.01. The lowest BCUT2D eigenvalue weighted by atomic mass is 10.1. The molecule has 0 bridgehead atoms. The standard InChI is InChI=1S/C14H16ClN5O2/c1-22-12-5-3-10(9-11(12)15)4-6-13(21)19-7-2-8-20-14(19)16-17-18-20/h3,5,9H,2,4,6-8H2,1H3. The number of fused-ring (bicyclic) bond motifs is 1. The van der Waals surface area contributed by atoms with Gasteiger partial charge in [0.05, 0.1) is 12.1 Å². The van der Waals surface area contributed by atoms with Gasteiger partial charge in [-0.25, -0.2) is 4.68 Å². The molecule has 0 N–H and O–H groups in total. The Balaban J connectivity index is 1.65. The molecule has 8 heteroatoms. The number of amides is 1. The lowest BCUT2D eigenvalue weighted by Crippen LogP contribution is -2.38. The smallest absolute Gasteiger partial charge is 0.252 e. The van der Waals surface area contributed by atoms with E-state index in [0.29, 0.717) is 36.1 Å². The number of carbonyl (C=O) groups excluding carboxylic acids is 1.